The maximum atomic E-state index is 13.6. The molecule has 0 N–H and O–H groups in total. The number of carbonyl (C=O) groups is 1. The number of hydrogen-bond acceptors (Lipinski definition) is 5. The van der Waals surface area contributed by atoms with Crippen LogP contribution in [0.25, 0.3) is 16.8 Å². The molecule has 0 aliphatic carbocycles. The number of carbonyl (C=O) groups excluding carboxylic acids is 1. The van der Waals surface area contributed by atoms with Gasteiger partial charge in [0.25, 0.3) is 5.91 Å². The molecule has 0 spiro atoms. The predicted octanol–water partition coefficient (Wildman–Crippen LogP) is 3.57. The van der Waals surface area contributed by atoms with E-state index in [1.54, 1.807) is 0 Å². The van der Waals surface area contributed by atoms with Gasteiger partial charge >= 0.3 is 0 Å². The Morgan fingerprint density at radius 3 is 2.24 bits per heavy atom. The number of rotatable bonds is 5. The van der Waals surface area contributed by atoms with E-state index >= 15 is 0 Å². The minimum Gasteiger partial charge on any atom is -0.336 e. The van der Waals surface area contributed by atoms with Gasteiger partial charge in [0.05, 0.1) is 12.2 Å². The zero-order chi connectivity index (χ0) is 23.5. The molecule has 1 aromatic heterocycles. The summed E-state index contributed by atoms with van der Waals surface area (Å²) in [5.74, 6) is -1.36. The number of tetrazole rings is 1. The number of aromatic nitrogens is 4. The second-order valence-corrected chi connectivity index (χ2v) is 8.12. The fourth-order valence-electron chi connectivity index (χ4n) is 4.05. The predicted molar refractivity (Wildman–Crippen MR) is 122 cm³/mol. The van der Waals surface area contributed by atoms with Crippen LogP contribution in [0, 0.1) is 11.6 Å². The van der Waals surface area contributed by atoms with Crippen LogP contribution in [0.1, 0.15) is 16.2 Å². The van der Waals surface area contributed by atoms with Crippen LogP contribution >= 0.6 is 0 Å². The molecule has 0 bridgehead atoms. The van der Waals surface area contributed by atoms with Crippen molar-refractivity contribution >= 4 is 5.91 Å². The minimum absolute atomic E-state index is 0.00545. The summed E-state index contributed by atoms with van der Waals surface area (Å²) in [7, 11) is 0. The molecular formula is C25H22F2N6O. The summed E-state index contributed by atoms with van der Waals surface area (Å²) in [4.78, 5) is 16.9. The van der Waals surface area contributed by atoms with Crippen molar-refractivity contribution in [3.63, 3.8) is 0 Å². The van der Waals surface area contributed by atoms with Gasteiger partial charge in [-0.05, 0) is 45.8 Å². The third-order valence-electron chi connectivity index (χ3n) is 5.95. The Morgan fingerprint density at radius 2 is 1.53 bits per heavy atom. The third kappa shape index (κ3) is 4.55. The van der Waals surface area contributed by atoms with Crippen LogP contribution in [0.15, 0.2) is 72.8 Å². The standard InChI is InChI=1S/C25H22F2N6O/c26-22-11-10-21(16-23(22)27)33-24(28-29-30-33)17-31-12-14-32(15-13-31)25(34)20-8-6-19(7-9-20)18-4-2-1-3-5-18/h1-11,16H,12-15,17H2. The molecule has 3 aromatic carbocycles. The largest absolute Gasteiger partial charge is 0.336 e. The van der Waals surface area contributed by atoms with Crippen molar-refractivity contribution in [3.05, 3.63) is 95.8 Å². The SMILES string of the molecule is O=C(c1ccc(-c2ccccc2)cc1)N1CCN(Cc2nnnn2-c2ccc(F)c(F)c2)CC1. The molecule has 0 saturated carbocycles. The molecule has 5 rings (SSSR count). The van der Waals surface area contributed by atoms with Gasteiger partial charge in [-0.15, -0.1) is 5.10 Å². The van der Waals surface area contributed by atoms with E-state index in [-0.39, 0.29) is 5.91 Å². The molecule has 9 heteroatoms. The lowest BCUT2D eigenvalue weighted by Crippen LogP contribution is -2.48. The van der Waals surface area contributed by atoms with Gasteiger partial charge in [0.2, 0.25) is 0 Å². The molecule has 0 radical (unpaired) electrons. The molecule has 0 unspecified atom stereocenters. The fourth-order valence-corrected chi connectivity index (χ4v) is 4.05. The van der Waals surface area contributed by atoms with Crippen LogP contribution in [0.5, 0.6) is 0 Å². The second-order valence-electron chi connectivity index (χ2n) is 8.12. The summed E-state index contributed by atoms with van der Waals surface area (Å²) in [5.41, 5.74) is 3.20. The van der Waals surface area contributed by atoms with Crippen LogP contribution < -0.4 is 0 Å². The Morgan fingerprint density at radius 1 is 0.824 bits per heavy atom. The maximum Gasteiger partial charge on any atom is 0.253 e. The first-order valence-electron chi connectivity index (χ1n) is 11.0. The summed E-state index contributed by atoms with van der Waals surface area (Å²) in [6.07, 6.45) is 0. The molecule has 1 fully saturated rings. The van der Waals surface area contributed by atoms with E-state index in [0.29, 0.717) is 49.8 Å². The van der Waals surface area contributed by atoms with E-state index in [2.05, 4.69) is 20.4 Å². The first-order valence-corrected chi connectivity index (χ1v) is 11.0. The molecule has 172 valence electrons. The Kier molecular flexibility index (Phi) is 6.09. The number of piperazine rings is 1. The summed E-state index contributed by atoms with van der Waals surface area (Å²) >= 11 is 0. The van der Waals surface area contributed by atoms with E-state index in [4.69, 9.17) is 0 Å². The molecule has 0 atom stereocenters. The van der Waals surface area contributed by atoms with E-state index < -0.39 is 11.6 Å². The number of benzene rings is 3. The fraction of sp³-hybridized carbons (Fsp3) is 0.200. The Balaban J connectivity index is 1.20. The van der Waals surface area contributed by atoms with Gasteiger partial charge in [-0.3, -0.25) is 9.69 Å². The highest BCUT2D eigenvalue weighted by atomic mass is 19.2. The molecule has 7 nitrogen and oxygen atoms in total. The first kappa shape index (κ1) is 21.8. The van der Waals surface area contributed by atoms with Crippen LogP contribution in [0.4, 0.5) is 8.78 Å². The van der Waals surface area contributed by atoms with Gasteiger partial charge < -0.3 is 4.90 Å². The molecule has 1 aliphatic rings. The van der Waals surface area contributed by atoms with E-state index in [0.717, 1.165) is 23.3 Å². The topological polar surface area (TPSA) is 67.2 Å². The van der Waals surface area contributed by atoms with Crippen molar-refractivity contribution in [1.29, 1.82) is 0 Å². The van der Waals surface area contributed by atoms with Gasteiger partial charge in [-0.2, -0.15) is 4.68 Å². The zero-order valence-electron chi connectivity index (χ0n) is 18.3. The first-order chi connectivity index (χ1) is 16.6. The zero-order valence-corrected chi connectivity index (χ0v) is 18.3. The summed E-state index contributed by atoms with van der Waals surface area (Å²) in [6, 6.07) is 21.3. The van der Waals surface area contributed by atoms with Crippen molar-refractivity contribution in [3.8, 4) is 16.8 Å². The maximum absolute atomic E-state index is 13.6. The van der Waals surface area contributed by atoms with Crippen LogP contribution in [0.2, 0.25) is 0 Å². The van der Waals surface area contributed by atoms with Gasteiger partial charge in [0.15, 0.2) is 17.5 Å². The number of amides is 1. The summed E-state index contributed by atoms with van der Waals surface area (Å²) in [5, 5.41) is 11.6. The van der Waals surface area contributed by atoms with Crippen molar-refractivity contribution in [2.75, 3.05) is 26.2 Å². The third-order valence-corrected chi connectivity index (χ3v) is 5.95. The lowest BCUT2D eigenvalue weighted by atomic mass is 10.0. The quantitative estimate of drug-likeness (QED) is 0.456. The van der Waals surface area contributed by atoms with Crippen LogP contribution in [-0.4, -0.2) is 62.1 Å². The van der Waals surface area contributed by atoms with Crippen LogP contribution in [-0.2, 0) is 6.54 Å². The van der Waals surface area contributed by atoms with E-state index in [9.17, 15) is 13.6 Å². The van der Waals surface area contributed by atoms with Gasteiger partial charge in [-0.25, -0.2) is 8.78 Å². The van der Waals surface area contributed by atoms with E-state index in [1.165, 1.54) is 10.7 Å². The second kappa shape index (κ2) is 9.48. The molecule has 2 heterocycles. The highest BCUT2D eigenvalue weighted by Crippen LogP contribution is 2.20. The molecule has 1 saturated heterocycles. The van der Waals surface area contributed by atoms with Crippen molar-refractivity contribution in [1.82, 2.24) is 30.0 Å². The highest BCUT2D eigenvalue weighted by Gasteiger charge is 2.24. The number of nitrogens with zero attached hydrogens (tertiary/aromatic N) is 6. The lowest BCUT2D eigenvalue weighted by Gasteiger charge is -2.34. The Hall–Kier alpha value is -3.98. The van der Waals surface area contributed by atoms with Gasteiger partial charge in [0.1, 0.15) is 0 Å². The van der Waals surface area contributed by atoms with Crippen molar-refractivity contribution in [2.24, 2.45) is 0 Å². The minimum atomic E-state index is -0.956. The van der Waals surface area contributed by atoms with Crippen LogP contribution in [0.3, 0.4) is 0 Å². The molecular weight excluding hydrogens is 438 g/mol. The Labute approximate surface area is 195 Å². The number of halogens is 2. The van der Waals surface area contributed by atoms with E-state index in [1.807, 2.05) is 59.5 Å². The van der Waals surface area contributed by atoms with Gasteiger partial charge in [0, 0.05) is 37.8 Å². The smallest absolute Gasteiger partial charge is 0.253 e. The van der Waals surface area contributed by atoms with Crippen molar-refractivity contribution < 1.29 is 13.6 Å². The highest BCUT2D eigenvalue weighted by molar-refractivity contribution is 5.94. The van der Waals surface area contributed by atoms with Crippen molar-refractivity contribution in [2.45, 2.75) is 6.54 Å². The average Bonchev–Trinajstić information content (AvgIpc) is 3.34. The summed E-state index contributed by atoms with van der Waals surface area (Å²) < 4.78 is 28.3. The molecule has 4 aromatic rings. The summed E-state index contributed by atoms with van der Waals surface area (Å²) in [6.45, 7) is 2.88. The Bertz CT molecular complexity index is 1280. The molecule has 1 aliphatic heterocycles. The lowest BCUT2D eigenvalue weighted by molar-refractivity contribution is 0.0624. The monoisotopic (exact) mass is 460 g/mol. The van der Waals surface area contributed by atoms with Gasteiger partial charge in [-0.1, -0.05) is 42.5 Å². The normalized spacial score (nSPS) is 14.4. The molecule has 34 heavy (non-hydrogen) atoms. The number of hydrogen-bond donors (Lipinski definition) is 0. The molecule has 1 amide bonds. The average molecular weight is 460 g/mol.